The fraction of sp³-hybridized carbons (Fsp3) is 0.900. The van der Waals surface area contributed by atoms with E-state index in [9.17, 15) is 4.79 Å². The van der Waals surface area contributed by atoms with E-state index in [1.165, 1.54) is 0 Å². The molecule has 0 aromatic heterocycles. The van der Waals surface area contributed by atoms with E-state index in [4.69, 9.17) is 9.47 Å². The summed E-state index contributed by atoms with van der Waals surface area (Å²) in [7, 11) is 0. The van der Waals surface area contributed by atoms with Crippen LogP contribution in [0, 0.1) is 5.92 Å². The smallest absolute Gasteiger partial charge is 0.323 e. The van der Waals surface area contributed by atoms with Crippen LogP contribution in [0.25, 0.3) is 0 Å². The summed E-state index contributed by atoms with van der Waals surface area (Å²) in [4.78, 5) is 11.3. The van der Waals surface area contributed by atoms with Gasteiger partial charge in [-0.3, -0.25) is 4.79 Å². The molecule has 2 heterocycles. The zero-order valence-electron chi connectivity index (χ0n) is 8.49. The van der Waals surface area contributed by atoms with Gasteiger partial charge in [-0.05, 0) is 19.3 Å². The van der Waals surface area contributed by atoms with Crippen LogP contribution >= 0.6 is 0 Å². The van der Waals surface area contributed by atoms with Crippen molar-refractivity contribution in [2.75, 3.05) is 19.8 Å². The van der Waals surface area contributed by atoms with E-state index in [0.717, 1.165) is 32.6 Å². The average Bonchev–Trinajstić information content (AvgIpc) is 2.72. The minimum atomic E-state index is -0.101. The maximum Gasteiger partial charge on any atom is 0.323 e. The third-order valence-electron chi connectivity index (χ3n) is 2.85. The molecule has 3 unspecified atom stereocenters. The lowest BCUT2D eigenvalue weighted by Crippen LogP contribution is -2.36. The third kappa shape index (κ3) is 2.25. The predicted molar refractivity (Wildman–Crippen MR) is 50.9 cm³/mol. The Morgan fingerprint density at radius 2 is 2.43 bits per heavy atom. The number of cyclic esters (lactones) is 1. The Hall–Kier alpha value is -0.610. The predicted octanol–water partition coefficient (Wildman–Crippen LogP) is 0.317. The van der Waals surface area contributed by atoms with Crippen LogP contribution < -0.4 is 5.32 Å². The normalized spacial score (nSPS) is 37.5. The number of ether oxygens (including phenoxy) is 2. The van der Waals surface area contributed by atoms with E-state index in [2.05, 4.69) is 5.32 Å². The molecule has 2 rings (SSSR count). The number of carbonyl (C=O) groups is 1. The Morgan fingerprint density at radius 1 is 1.57 bits per heavy atom. The zero-order valence-corrected chi connectivity index (χ0v) is 8.49. The van der Waals surface area contributed by atoms with Crippen molar-refractivity contribution in [3.8, 4) is 0 Å². The largest absolute Gasteiger partial charge is 0.461 e. The summed E-state index contributed by atoms with van der Waals surface area (Å²) in [5, 5.41) is 3.25. The van der Waals surface area contributed by atoms with Crippen molar-refractivity contribution in [2.24, 2.45) is 5.92 Å². The van der Waals surface area contributed by atoms with Gasteiger partial charge < -0.3 is 14.8 Å². The number of esters is 1. The van der Waals surface area contributed by atoms with Crippen LogP contribution in [0.4, 0.5) is 0 Å². The Kier molecular flexibility index (Phi) is 3.03. The standard InChI is InChI=1S/C10H17NO3/c1-7-4-9(10(12)14-7)11-5-8-2-3-13-6-8/h7-9,11H,2-6H2,1H3. The van der Waals surface area contributed by atoms with E-state index in [0.29, 0.717) is 5.92 Å². The molecule has 0 radical (unpaired) electrons. The van der Waals surface area contributed by atoms with Crippen molar-refractivity contribution in [1.82, 2.24) is 5.32 Å². The van der Waals surface area contributed by atoms with E-state index >= 15 is 0 Å². The minimum Gasteiger partial charge on any atom is -0.461 e. The average molecular weight is 199 g/mol. The molecule has 2 aliphatic heterocycles. The summed E-state index contributed by atoms with van der Waals surface area (Å²) < 4.78 is 10.3. The van der Waals surface area contributed by atoms with Crippen LogP contribution in [0.2, 0.25) is 0 Å². The first-order valence-corrected chi connectivity index (χ1v) is 5.27. The van der Waals surface area contributed by atoms with Crippen molar-refractivity contribution in [1.29, 1.82) is 0 Å². The van der Waals surface area contributed by atoms with Gasteiger partial charge in [-0.15, -0.1) is 0 Å². The second-order valence-corrected chi connectivity index (χ2v) is 4.17. The number of rotatable bonds is 3. The molecule has 4 nitrogen and oxygen atoms in total. The maximum atomic E-state index is 11.3. The van der Waals surface area contributed by atoms with Crippen LogP contribution in [0.1, 0.15) is 19.8 Å². The van der Waals surface area contributed by atoms with Crippen molar-refractivity contribution in [3.05, 3.63) is 0 Å². The van der Waals surface area contributed by atoms with Gasteiger partial charge in [-0.2, -0.15) is 0 Å². The molecule has 0 aromatic carbocycles. The van der Waals surface area contributed by atoms with Crippen molar-refractivity contribution in [3.63, 3.8) is 0 Å². The van der Waals surface area contributed by atoms with Crippen LogP contribution in [-0.4, -0.2) is 37.9 Å². The second-order valence-electron chi connectivity index (χ2n) is 4.17. The minimum absolute atomic E-state index is 0.0693. The molecule has 3 atom stereocenters. The van der Waals surface area contributed by atoms with Gasteiger partial charge in [-0.25, -0.2) is 0 Å². The van der Waals surface area contributed by atoms with Crippen molar-refractivity contribution in [2.45, 2.75) is 31.9 Å². The summed E-state index contributed by atoms with van der Waals surface area (Å²) in [6.07, 6.45) is 1.97. The van der Waals surface area contributed by atoms with Gasteiger partial charge >= 0.3 is 5.97 Å². The molecule has 0 spiro atoms. The van der Waals surface area contributed by atoms with Crippen molar-refractivity contribution >= 4 is 5.97 Å². The molecule has 1 N–H and O–H groups in total. The topological polar surface area (TPSA) is 47.6 Å². The van der Waals surface area contributed by atoms with Gasteiger partial charge in [0.05, 0.1) is 6.61 Å². The number of hydrogen-bond acceptors (Lipinski definition) is 4. The molecule has 0 amide bonds. The quantitative estimate of drug-likeness (QED) is 0.665. The fourth-order valence-electron chi connectivity index (χ4n) is 1.98. The number of carbonyl (C=O) groups excluding carboxylic acids is 1. The summed E-state index contributed by atoms with van der Waals surface area (Å²) in [6, 6.07) is -0.0920. The highest BCUT2D eigenvalue weighted by Gasteiger charge is 2.32. The second kappa shape index (κ2) is 4.28. The highest BCUT2D eigenvalue weighted by atomic mass is 16.6. The first-order valence-electron chi connectivity index (χ1n) is 5.27. The van der Waals surface area contributed by atoms with Crippen LogP contribution in [-0.2, 0) is 14.3 Å². The van der Waals surface area contributed by atoms with E-state index in [1.807, 2.05) is 6.92 Å². The molecule has 80 valence electrons. The van der Waals surface area contributed by atoms with E-state index < -0.39 is 0 Å². The maximum absolute atomic E-state index is 11.3. The van der Waals surface area contributed by atoms with E-state index in [1.54, 1.807) is 0 Å². The van der Waals surface area contributed by atoms with E-state index in [-0.39, 0.29) is 18.1 Å². The summed E-state index contributed by atoms with van der Waals surface area (Å²) in [6.45, 7) is 4.48. The molecule has 4 heteroatoms. The lowest BCUT2D eigenvalue weighted by atomic mass is 10.1. The highest BCUT2D eigenvalue weighted by Crippen LogP contribution is 2.16. The molecule has 2 fully saturated rings. The highest BCUT2D eigenvalue weighted by molar-refractivity contribution is 5.77. The molecule has 0 saturated carbocycles. The zero-order chi connectivity index (χ0) is 9.97. The van der Waals surface area contributed by atoms with Gasteiger partial charge in [0, 0.05) is 19.6 Å². The Balaban J connectivity index is 1.72. The Morgan fingerprint density at radius 3 is 3.00 bits per heavy atom. The lowest BCUT2D eigenvalue weighted by molar-refractivity contribution is -0.142. The number of hydrogen-bond donors (Lipinski definition) is 1. The monoisotopic (exact) mass is 199 g/mol. The summed E-state index contributed by atoms with van der Waals surface area (Å²) >= 11 is 0. The van der Waals surface area contributed by atoms with Crippen LogP contribution in [0.3, 0.4) is 0 Å². The van der Waals surface area contributed by atoms with Gasteiger partial charge in [0.2, 0.25) is 0 Å². The molecular formula is C10H17NO3. The molecule has 14 heavy (non-hydrogen) atoms. The molecular weight excluding hydrogens is 182 g/mol. The molecule has 2 aliphatic rings. The SMILES string of the molecule is CC1CC(NCC2CCOC2)C(=O)O1. The van der Waals surface area contributed by atoms with Gasteiger partial charge in [-0.1, -0.05) is 0 Å². The molecule has 0 aliphatic carbocycles. The van der Waals surface area contributed by atoms with Crippen LogP contribution in [0.15, 0.2) is 0 Å². The Bertz CT molecular complexity index is 213. The fourth-order valence-corrected chi connectivity index (χ4v) is 1.98. The van der Waals surface area contributed by atoms with Gasteiger partial charge in [0.15, 0.2) is 0 Å². The summed E-state index contributed by atoms with van der Waals surface area (Å²) in [5.41, 5.74) is 0. The van der Waals surface area contributed by atoms with Gasteiger partial charge in [0.25, 0.3) is 0 Å². The van der Waals surface area contributed by atoms with Crippen molar-refractivity contribution < 1.29 is 14.3 Å². The van der Waals surface area contributed by atoms with Gasteiger partial charge in [0.1, 0.15) is 12.1 Å². The third-order valence-corrected chi connectivity index (χ3v) is 2.85. The Labute approximate surface area is 84.0 Å². The first kappa shape index (κ1) is 9.93. The molecule has 0 bridgehead atoms. The summed E-state index contributed by atoms with van der Waals surface area (Å²) in [5.74, 6) is 0.468. The lowest BCUT2D eigenvalue weighted by Gasteiger charge is -2.11. The molecule has 2 saturated heterocycles. The number of nitrogens with one attached hydrogen (secondary N) is 1. The van der Waals surface area contributed by atoms with Crippen LogP contribution in [0.5, 0.6) is 0 Å². The molecule has 0 aromatic rings. The first-order chi connectivity index (χ1) is 6.75.